The van der Waals surface area contributed by atoms with Gasteiger partial charge >= 0.3 is 0 Å². The third-order valence-corrected chi connectivity index (χ3v) is 8.13. The highest BCUT2D eigenvalue weighted by atomic mass is 32.1. The number of aromatic nitrogens is 2. The number of rotatable bonds is 8. The summed E-state index contributed by atoms with van der Waals surface area (Å²) >= 11 is 1.23. The third kappa shape index (κ3) is 5.60. The molecule has 4 aromatic rings. The normalized spacial score (nSPS) is 17.0. The van der Waals surface area contributed by atoms with E-state index >= 15 is 0 Å². The number of hydrogen-bond acceptors (Lipinski definition) is 6. The maximum atomic E-state index is 14.2. The van der Waals surface area contributed by atoms with Crippen molar-refractivity contribution in [3.63, 3.8) is 0 Å². The highest BCUT2D eigenvalue weighted by molar-refractivity contribution is 7.20. The van der Waals surface area contributed by atoms with Crippen molar-refractivity contribution in [2.45, 2.75) is 45.7 Å². The van der Waals surface area contributed by atoms with Crippen LogP contribution in [-0.4, -0.2) is 52.1 Å². The number of halogens is 1. The van der Waals surface area contributed by atoms with Crippen LogP contribution in [-0.2, 0) is 9.59 Å². The Balaban J connectivity index is 1.40. The predicted octanol–water partition coefficient (Wildman–Crippen LogP) is 3.96. The molecular formula is C29H30FN5O4S. The molecule has 11 heteroatoms. The molecule has 3 atom stereocenters. The molecule has 5 rings (SSSR count). The van der Waals surface area contributed by atoms with Gasteiger partial charge in [0, 0.05) is 23.4 Å². The number of aromatic amines is 1. The van der Waals surface area contributed by atoms with Crippen molar-refractivity contribution in [3.05, 3.63) is 65.0 Å². The van der Waals surface area contributed by atoms with Crippen molar-refractivity contribution in [1.29, 1.82) is 0 Å². The minimum Gasteiger partial charge on any atom is -0.356 e. The summed E-state index contributed by atoms with van der Waals surface area (Å²) < 4.78 is 15.0. The molecule has 0 saturated carbocycles. The molecule has 0 aliphatic carbocycles. The number of para-hydroxylation sites is 1. The van der Waals surface area contributed by atoms with Gasteiger partial charge in [-0.2, -0.15) is 0 Å². The average Bonchev–Trinajstić information content (AvgIpc) is 3.64. The summed E-state index contributed by atoms with van der Waals surface area (Å²) in [5, 5.41) is 8.85. The van der Waals surface area contributed by atoms with Gasteiger partial charge in [0.1, 0.15) is 17.6 Å². The van der Waals surface area contributed by atoms with Crippen molar-refractivity contribution in [3.8, 4) is 0 Å². The van der Waals surface area contributed by atoms with Crippen LogP contribution in [0.2, 0.25) is 0 Å². The number of benzene rings is 2. The Kier molecular flexibility index (Phi) is 7.41. The molecule has 1 aliphatic rings. The molecule has 9 nitrogen and oxygen atoms in total. The number of carbonyl (C=O) groups excluding carboxylic acids is 4. The first kappa shape index (κ1) is 27.4. The molecule has 1 aliphatic heterocycles. The number of hydrogen-bond donors (Lipinski definition) is 4. The maximum Gasteiger partial charge on any atom is 0.268 e. The quantitative estimate of drug-likeness (QED) is 0.241. The van der Waals surface area contributed by atoms with E-state index in [0.29, 0.717) is 24.0 Å². The Bertz CT molecular complexity index is 1590. The van der Waals surface area contributed by atoms with Crippen molar-refractivity contribution >= 4 is 56.0 Å². The number of amides is 3. The van der Waals surface area contributed by atoms with Gasteiger partial charge in [-0.05, 0) is 48.6 Å². The van der Waals surface area contributed by atoms with Crippen LogP contribution < -0.4 is 16.0 Å². The summed E-state index contributed by atoms with van der Waals surface area (Å²) in [6.45, 7) is 5.87. The average molecular weight is 564 g/mol. The summed E-state index contributed by atoms with van der Waals surface area (Å²) in [6.07, 6.45) is 0.660. The van der Waals surface area contributed by atoms with E-state index in [2.05, 4.69) is 25.9 Å². The molecule has 1 fully saturated rings. The molecular weight excluding hydrogens is 533 g/mol. The monoisotopic (exact) mass is 563 g/mol. The van der Waals surface area contributed by atoms with E-state index in [1.807, 2.05) is 24.3 Å². The summed E-state index contributed by atoms with van der Waals surface area (Å²) in [4.78, 5) is 60.2. The first-order valence-corrected chi connectivity index (χ1v) is 13.9. The molecule has 0 bridgehead atoms. The summed E-state index contributed by atoms with van der Waals surface area (Å²) in [5.74, 6) is -2.61. The number of nitrogens with zero attached hydrogens (tertiary/aromatic N) is 1. The van der Waals surface area contributed by atoms with Gasteiger partial charge in [-0.3, -0.25) is 19.2 Å². The van der Waals surface area contributed by atoms with Crippen LogP contribution >= 0.6 is 11.3 Å². The highest BCUT2D eigenvalue weighted by Crippen LogP contribution is 2.27. The highest BCUT2D eigenvalue weighted by Gasteiger charge is 2.38. The number of ketones is 1. The lowest BCUT2D eigenvalue weighted by molar-refractivity contribution is -0.127. The van der Waals surface area contributed by atoms with Crippen molar-refractivity contribution in [1.82, 2.24) is 25.9 Å². The van der Waals surface area contributed by atoms with Gasteiger partial charge in [-0.1, -0.05) is 39.0 Å². The third-order valence-electron chi connectivity index (χ3n) is 7.08. The molecule has 208 valence electrons. The van der Waals surface area contributed by atoms with Gasteiger partial charge in [0.15, 0.2) is 5.01 Å². The van der Waals surface area contributed by atoms with E-state index in [1.54, 1.807) is 26.8 Å². The second-order valence-electron chi connectivity index (χ2n) is 11.1. The molecule has 2 aromatic carbocycles. The van der Waals surface area contributed by atoms with Crippen molar-refractivity contribution in [2.75, 3.05) is 6.54 Å². The smallest absolute Gasteiger partial charge is 0.268 e. The Morgan fingerprint density at radius 3 is 2.58 bits per heavy atom. The standard InChI is InChI=1S/C29H30FN5O4S/c1-29(2,3)24(35-26(38)21-14-16-17(30)7-6-9-18(16)32-21)27(39)33-20(13-15-11-12-31-25(15)37)23(36)28-34-19-8-4-5-10-22(19)40-28/h4-10,14-15,20,24,32H,11-13H2,1-3H3,(H,31,37)(H,33,39)(H,35,38)/t15-,20-,24+/m0/s1. The Morgan fingerprint density at radius 1 is 1.12 bits per heavy atom. The molecule has 4 N–H and O–H groups in total. The van der Waals surface area contributed by atoms with Crippen LogP contribution in [0, 0.1) is 17.2 Å². The zero-order chi connectivity index (χ0) is 28.6. The number of H-pyrrole nitrogens is 1. The first-order chi connectivity index (χ1) is 19.0. The van der Waals surface area contributed by atoms with E-state index in [-0.39, 0.29) is 34.2 Å². The van der Waals surface area contributed by atoms with Gasteiger partial charge in [-0.15, -0.1) is 11.3 Å². The lowest BCUT2D eigenvalue weighted by atomic mass is 9.85. The maximum absolute atomic E-state index is 14.2. The molecule has 0 radical (unpaired) electrons. The van der Waals surface area contributed by atoms with Gasteiger partial charge < -0.3 is 20.9 Å². The molecule has 40 heavy (non-hydrogen) atoms. The number of Topliss-reactive ketones (excluding diaryl/α,β-unsaturated/α-hetero) is 1. The van der Waals surface area contributed by atoms with Gasteiger partial charge in [-0.25, -0.2) is 9.37 Å². The Hall–Kier alpha value is -4.12. The molecule has 2 aromatic heterocycles. The zero-order valence-electron chi connectivity index (χ0n) is 22.3. The Labute approximate surface area is 233 Å². The molecule has 1 saturated heterocycles. The van der Waals surface area contributed by atoms with E-state index < -0.39 is 41.0 Å². The van der Waals surface area contributed by atoms with Gasteiger partial charge in [0.2, 0.25) is 17.6 Å². The van der Waals surface area contributed by atoms with Gasteiger partial charge in [0.25, 0.3) is 5.91 Å². The fourth-order valence-electron chi connectivity index (χ4n) is 4.89. The van der Waals surface area contributed by atoms with Crippen molar-refractivity contribution < 1.29 is 23.6 Å². The van der Waals surface area contributed by atoms with Crippen molar-refractivity contribution in [2.24, 2.45) is 11.3 Å². The van der Waals surface area contributed by atoms with Crippen LogP contribution in [0.5, 0.6) is 0 Å². The van der Waals surface area contributed by atoms with Crippen LogP contribution in [0.4, 0.5) is 4.39 Å². The summed E-state index contributed by atoms with van der Waals surface area (Å²) in [6, 6.07) is 11.2. The zero-order valence-corrected chi connectivity index (χ0v) is 23.2. The second kappa shape index (κ2) is 10.8. The van der Waals surface area contributed by atoms with Crippen LogP contribution in [0.25, 0.3) is 21.1 Å². The molecule has 0 spiro atoms. The van der Waals surface area contributed by atoms with E-state index in [1.165, 1.54) is 29.5 Å². The topological polar surface area (TPSA) is 133 Å². The minimum absolute atomic E-state index is 0.104. The number of thiazole rings is 1. The van der Waals surface area contributed by atoms with Crippen LogP contribution in [0.1, 0.15) is 53.9 Å². The molecule has 3 heterocycles. The largest absolute Gasteiger partial charge is 0.356 e. The summed E-state index contributed by atoms with van der Waals surface area (Å²) in [5.41, 5.74) is 0.491. The van der Waals surface area contributed by atoms with Crippen LogP contribution in [0.3, 0.4) is 0 Å². The second-order valence-corrected chi connectivity index (χ2v) is 12.1. The fourth-order valence-corrected chi connectivity index (χ4v) is 5.85. The molecule has 3 amide bonds. The number of nitrogens with one attached hydrogen (secondary N) is 4. The van der Waals surface area contributed by atoms with E-state index in [0.717, 1.165) is 4.70 Å². The number of carbonyl (C=O) groups is 4. The van der Waals surface area contributed by atoms with Crippen LogP contribution in [0.15, 0.2) is 48.5 Å². The Morgan fingerprint density at radius 2 is 1.90 bits per heavy atom. The first-order valence-electron chi connectivity index (χ1n) is 13.1. The lowest BCUT2D eigenvalue weighted by Gasteiger charge is -2.32. The van der Waals surface area contributed by atoms with E-state index in [4.69, 9.17) is 0 Å². The lowest BCUT2D eigenvalue weighted by Crippen LogP contribution is -2.57. The van der Waals surface area contributed by atoms with E-state index in [9.17, 15) is 23.6 Å². The SMILES string of the molecule is CC(C)(C)[C@H](NC(=O)c1cc2c(F)cccc2[nH]1)C(=O)N[C@@H](C[C@@H]1CCNC1=O)C(=O)c1nc2ccccc2s1. The van der Waals surface area contributed by atoms with Gasteiger partial charge in [0.05, 0.1) is 16.3 Å². The summed E-state index contributed by atoms with van der Waals surface area (Å²) in [7, 11) is 0. The minimum atomic E-state index is -1.04. The number of fused-ring (bicyclic) bond motifs is 2. The fraction of sp³-hybridized carbons (Fsp3) is 0.345. The molecule has 0 unspecified atom stereocenters. The predicted molar refractivity (Wildman–Crippen MR) is 151 cm³/mol.